The molecule has 2 atom stereocenters. The highest BCUT2D eigenvalue weighted by molar-refractivity contribution is 6.30. The number of nitrogens with one attached hydrogen (secondary N) is 1. The Hall–Kier alpha value is -4.97. The topological polar surface area (TPSA) is 122 Å². The molecule has 5 rings (SSSR count). The van der Waals surface area contributed by atoms with Crippen molar-refractivity contribution in [1.29, 1.82) is 0 Å². The van der Waals surface area contributed by atoms with Gasteiger partial charge in [-0.05, 0) is 72.0 Å². The zero-order valence-corrected chi connectivity index (χ0v) is 30.3. The van der Waals surface area contributed by atoms with Crippen LogP contribution in [-0.2, 0) is 48.2 Å². The maximum Gasteiger partial charge on any atom is 0.453 e. The average Bonchev–Trinajstić information content (AvgIpc) is 3.57. The second-order valence-corrected chi connectivity index (χ2v) is 12.8. The molecule has 0 amide bonds. The van der Waals surface area contributed by atoms with Crippen LogP contribution >= 0.6 is 11.6 Å². The molecule has 2 N–H and O–H groups in total. The molecule has 0 aromatic heterocycles. The Balaban J connectivity index is 1.16. The third kappa shape index (κ3) is 12.0. The van der Waals surface area contributed by atoms with Gasteiger partial charge in [-0.2, -0.15) is 0 Å². The van der Waals surface area contributed by atoms with Gasteiger partial charge in [-0.15, -0.1) is 0 Å². The molecule has 0 fully saturated rings. The smallest absolute Gasteiger partial charge is 0.453 e. The number of fused-ring (bicyclic) bond motifs is 1. The summed E-state index contributed by atoms with van der Waals surface area (Å²) in [7, 11) is 0. The average molecular weight is 742 g/mol. The SMILES string of the molecule is C[C@H](Cc1ccc2c(c1)OC(C(=O)OCC=CCOCc1ccccc1)(C(=O)OCC=CCOCc1ccccc1)O2)NCC(O)c1cccc(Cl)c1. The first-order valence-electron chi connectivity index (χ1n) is 17.4. The molecule has 0 saturated carbocycles. The number of halogens is 1. The summed E-state index contributed by atoms with van der Waals surface area (Å²) in [5.74, 6) is -4.24. The number of hydrogen-bond donors (Lipinski definition) is 2. The van der Waals surface area contributed by atoms with Crippen molar-refractivity contribution < 1.29 is 43.1 Å². The monoisotopic (exact) mass is 741 g/mol. The van der Waals surface area contributed by atoms with Crippen LogP contribution in [0.5, 0.6) is 11.5 Å². The number of aliphatic hydroxyl groups is 1. The Bertz CT molecular complexity index is 1740. The Morgan fingerprint density at radius 1 is 0.717 bits per heavy atom. The molecule has 1 heterocycles. The molecule has 10 nitrogen and oxygen atoms in total. The minimum absolute atomic E-state index is 0.0455. The number of hydrogen-bond acceptors (Lipinski definition) is 10. The van der Waals surface area contributed by atoms with Crippen molar-refractivity contribution in [2.45, 2.75) is 44.5 Å². The van der Waals surface area contributed by atoms with Crippen LogP contribution in [0.25, 0.3) is 0 Å². The fourth-order valence-electron chi connectivity index (χ4n) is 5.34. The number of carbonyl (C=O) groups is 2. The van der Waals surface area contributed by atoms with Crippen LogP contribution < -0.4 is 14.8 Å². The molecule has 0 bridgehead atoms. The summed E-state index contributed by atoms with van der Waals surface area (Å²) in [6.45, 7) is 3.47. The summed E-state index contributed by atoms with van der Waals surface area (Å²) < 4.78 is 34.0. The lowest BCUT2D eigenvalue weighted by Crippen LogP contribution is -2.56. The van der Waals surface area contributed by atoms with Gasteiger partial charge >= 0.3 is 17.7 Å². The van der Waals surface area contributed by atoms with Gasteiger partial charge in [0, 0.05) is 17.6 Å². The maximum atomic E-state index is 13.5. The maximum absolute atomic E-state index is 13.5. The Labute approximate surface area is 314 Å². The van der Waals surface area contributed by atoms with E-state index in [9.17, 15) is 14.7 Å². The third-order valence-electron chi connectivity index (χ3n) is 8.09. The summed E-state index contributed by atoms with van der Waals surface area (Å²) >= 11 is 6.07. The van der Waals surface area contributed by atoms with Crippen LogP contribution in [0.3, 0.4) is 0 Å². The van der Waals surface area contributed by atoms with Crippen LogP contribution in [0.15, 0.2) is 127 Å². The number of carbonyl (C=O) groups excluding carboxylic acids is 2. The molecule has 278 valence electrons. The van der Waals surface area contributed by atoms with Crippen molar-refractivity contribution in [1.82, 2.24) is 5.32 Å². The first-order chi connectivity index (χ1) is 25.8. The Morgan fingerprint density at radius 3 is 1.87 bits per heavy atom. The fourth-order valence-corrected chi connectivity index (χ4v) is 5.54. The lowest BCUT2D eigenvalue weighted by atomic mass is 10.1. The molecule has 0 spiro atoms. The Kier molecular flexibility index (Phi) is 15.0. The molecule has 0 radical (unpaired) electrons. The van der Waals surface area contributed by atoms with Gasteiger partial charge in [0.25, 0.3) is 0 Å². The van der Waals surface area contributed by atoms with E-state index in [0.717, 1.165) is 16.7 Å². The molecule has 53 heavy (non-hydrogen) atoms. The van der Waals surface area contributed by atoms with Gasteiger partial charge < -0.3 is 38.8 Å². The lowest BCUT2D eigenvalue weighted by Gasteiger charge is -2.22. The fraction of sp³-hybridized carbons (Fsp3) is 0.286. The van der Waals surface area contributed by atoms with Crippen LogP contribution in [0, 0.1) is 0 Å². The molecule has 4 aromatic rings. The quantitative estimate of drug-likeness (QED) is 0.0439. The van der Waals surface area contributed by atoms with Gasteiger partial charge in [-0.1, -0.05) is 103 Å². The molecular formula is C42H44ClNO9. The van der Waals surface area contributed by atoms with Gasteiger partial charge in [-0.3, -0.25) is 0 Å². The van der Waals surface area contributed by atoms with E-state index in [-0.39, 0.29) is 30.8 Å². The molecule has 4 aromatic carbocycles. The summed E-state index contributed by atoms with van der Waals surface area (Å²) in [6.07, 6.45) is 6.46. The second kappa shape index (κ2) is 20.3. The van der Waals surface area contributed by atoms with Crippen molar-refractivity contribution in [3.63, 3.8) is 0 Å². The van der Waals surface area contributed by atoms with E-state index >= 15 is 0 Å². The summed E-state index contributed by atoms with van der Waals surface area (Å²) in [5.41, 5.74) is 3.64. The van der Waals surface area contributed by atoms with Crippen molar-refractivity contribution in [3.05, 3.63) is 155 Å². The normalized spacial score (nSPS) is 16.1. The van der Waals surface area contributed by atoms with E-state index in [4.69, 9.17) is 40.0 Å². The molecule has 1 unspecified atom stereocenters. The third-order valence-corrected chi connectivity index (χ3v) is 8.33. The van der Waals surface area contributed by atoms with Crippen LogP contribution in [0.4, 0.5) is 0 Å². The van der Waals surface area contributed by atoms with E-state index in [2.05, 4.69) is 5.32 Å². The van der Waals surface area contributed by atoms with Gasteiger partial charge in [-0.25, -0.2) is 9.59 Å². The highest BCUT2D eigenvalue weighted by Gasteiger charge is 2.59. The zero-order valence-electron chi connectivity index (χ0n) is 29.5. The predicted molar refractivity (Wildman–Crippen MR) is 200 cm³/mol. The van der Waals surface area contributed by atoms with E-state index < -0.39 is 23.8 Å². The summed E-state index contributed by atoms with van der Waals surface area (Å²) in [6, 6.07) is 31.7. The van der Waals surface area contributed by atoms with E-state index in [1.165, 1.54) is 0 Å². The van der Waals surface area contributed by atoms with Gasteiger partial charge in [0.05, 0.1) is 32.5 Å². The molecule has 1 aliphatic rings. The molecule has 0 aliphatic carbocycles. The molecule has 0 saturated heterocycles. The number of aliphatic hydroxyl groups excluding tert-OH is 1. The number of ether oxygens (including phenoxy) is 6. The van der Waals surface area contributed by atoms with Crippen molar-refractivity contribution >= 4 is 23.5 Å². The minimum atomic E-state index is -2.50. The van der Waals surface area contributed by atoms with E-state index in [1.807, 2.05) is 79.7 Å². The van der Waals surface area contributed by atoms with Crippen molar-refractivity contribution in [2.75, 3.05) is 33.0 Å². The van der Waals surface area contributed by atoms with Crippen molar-refractivity contribution in [2.24, 2.45) is 0 Å². The second-order valence-electron chi connectivity index (χ2n) is 12.3. The van der Waals surface area contributed by atoms with E-state index in [1.54, 1.807) is 54.6 Å². The lowest BCUT2D eigenvalue weighted by molar-refractivity contribution is -0.201. The number of benzene rings is 4. The number of rotatable bonds is 20. The zero-order chi connectivity index (χ0) is 37.3. The van der Waals surface area contributed by atoms with Crippen LogP contribution in [0.2, 0.25) is 5.02 Å². The largest absolute Gasteiger partial charge is 0.455 e. The molecule has 1 aliphatic heterocycles. The summed E-state index contributed by atoms with van der Waals surface area (Å²) in [4.78, 5) is 27.0. The standard InChI is InChI=1S/C42H44ClNO9/c1-31(44-28-37(45)35-17-12-18-36(43)27-35)25-34-19-20-38-39(26-34)53-42(52-38,40(46)50-23-10-8-21-48-29-32-13-4-2-5-14-32)41(47)51-24-11-9-22-49-30-33-15-6-3-7-16-33/h2-20,26-27,31,37,44-45H,21-25,28-30H2,1H3/t31-,37?,42?/m1/s1. The predicted octanol–water partition coefficient (Wildman–Crippen LogP) is 6.69. The highest BCUT2D eigenvalue weighted by Crippen LogP contribution is 2.41. The molecule has 11 heteroatoms. The van der Waals surface area contributed by atoms with Gasteiger partial charge in [0.15, 0.2) is 11.5 Å². The van der Waals surface area contributed by atoms with Crippen molar-refractivity contribution in [3.8, 4) is 11.5 Å². The van der Waals surface area contributed by atoms with Crippen LogP contribution in [-0.4, -0.2) is 61.8 Å². The molecular weight excluding hydrogens is 698 g/mol. The minimum Gasteiger partial charge on any atom is -0.455 e. The van der Waals surface area contributed by atoms with Gasteiger partial charge in [0.1, 0.15) is 13.2 Å². The first kappa shape index (κ1) is 39.2. The number of esters is 2. The van der Waals surface area contributed by atoms with E-state index in [0.29, 0.717) is 50.0 Å². The van der Waals surface area contributed by atoms with Gasteiger partial charge in [0.2, 0.25) is 0 Å². The van der Waals surface area contributed by atoms with Crippen LogP contribution in [0.1, 0.15) is 35.3 Å². The Morgan fingerprint density at radius 2 is 1.28 bits per heavy atom. The highest BCUT2D eigenvalue weighted by atomic mass is 35.5. The summed E-state index contributed by atoms with van der Waals surface area (Å²) in [5, 5.41) is 14.5. The first-order valence-corrected chi connectivity index (χ1v) is 17.8.